The molecular weight excluding hydrogens is 851 g/mol. The number of anilines is 3. The summed E-state index contributed by atoms with van der Waals surface area (Å²) < 4.78 is 95.8. The zero-order valence-electron chi connectivity index (χ0n) is 30.9. The van der Waals surface area contributed by atoms with Crippen LogP contribution in [0.2, 0.25) is 0 Å². The zero-order valence-corrected chi connectivity index (χ0v) is 31.8. The second-order valence-corrected chi connectivity index (χ2v) is 12.2. The lowest BCUT2D eigenvalue weighted by Crippen LogP contribution is -2.35. The number of nitrogens with two attached hydrogens (primary N) is 2. The quantitative estimate of drug-likeness (QED) is 0.0286. The SMILES string of the molecule is CC(C)Nc1ncc(-c2cc(N)cc(NCc3ccsc3)c2)n(CC(=O)NCc2ccc(C(=N)N)cc2)c1=O.FC(F)(F)C(F)(F)F.O=C(O)C(F)(F)F.O=CO.O=CO. The van der Waals surface area contributed by atoms with E-state index >= 15 is 0 Å². The van der Waals surface area contributed by atoms with Crippen molar-refractivity contribution < 1.29 is 74.0 Å². The smallest absolute Gasteiger partial charge is 0.483 e. The van der Waals surface area contributed by atoms with Gasteiger partial charge >= 0.3 is 24.5 Å². The summed E-state index contributed by atoms with van der Waals surface area (Å²) in [6, 6.07) is 14.5. The van der Waals surface area contributed by atoms with E-state index in [1.807, 2.05) is 37.4 Å². The van der Waals surface area contributed by atoms with Gasteiger partial charge in [-0.1, -0.05) is 24.3 Å². The molecule has 1 amide bonds. The Morgan fingerprint density at radius 3 is 1.88 bits per heavy atom. The minimum Gasteiger partial charge on any atom is -0.483 e. The highest BCUT2D eigenvalue weighted by Crippen LogP contribution is 2.36. The van der Waals surface area contributed by atoms with Crippen LogP contribution in [-0.2, 0) is 38.8 Å². The Morgan fingerprint density at radius 1 is 0.917 bits per heavy atom. The molecule has 4 rings (SSSR count). The highest BCUT2D eigenvalue weighted by molar-refractivity contribution is 7.07. The first kappa shape index (κ1) is 53.1. The summed E-state index contributed by atoms with van der Waals surface area (Å²) in [5, 5.41) is 41.8. The van der Waals surface area contributed by atoms with E-state index in [2.05, 4.69) is 26.3 Å². The van der Waals surface area contributed by atoms with Gasteiger partial charge in [-0.2, -0.15) is 50.9 Å². The first-order valence-electron chi connectivity index (χ1n) is 16.0. The average Bonchev–Trinajstić information content (AvgIpc) is 3.65. The van der Waals surface area contributed by atoms with Crippen LogP contribution in [0.5, 0.6) is 0 Å². The monoisotopic (exact) mass is 888 g/mol. The molecule has 0 aliphatic carbocycles. The van der Waals surface area contributed by atoms with E-state index in [9.17, 15) is 49.1 Å². The molecule has 0 atom stereocenters. The Morgan fingerprint density at radius 2 is 1.45 bits per heavy atom. The van der Waals surface area contributed by atoms with Crippen LogP contribution in [0.15, 0.2) is 70.3 Å². The van der Waals surface area contributed by atoms with Crippen molar-refractivity contribution in [1.29, 1.82) is 5.41 Å². The van der Waals surface area contributed by atoms with Crippen LogP contribution in [0, 0.1) is 5.41 Å². The van der Waals surface area contributed by atoms with Gasteiger partial charge in [-0.05, 0) is 60.0 Å². The second-order valence-electron chi connectivity index (χ2n) is 11.4. The van der Waals surface area contributed by atoms with Gasteiger partial charge in [-0.15, -0.1) is 0 Å². The van der Waals surface area contributed by atoms with E-state index in [-0.39, 0.29) is 49.6 Å². The van der Waals surface area contributed by atoms with Gasteiger partial charge in [0.15, 0.2) is 5.82 Å². The van der Waals surface area contributed by atoms with E-state index in [0.29, 0.717) is 29.1 Å². The average molecular weight is 889 g/mol. The molecular formula is C34H37F9N8O8S. The number of amides is 1. The number of carbonyl (C=O) groups excluding carboxylic acids is 1. The zero-order chi connectivity index (χ0) is 46.4. The minimum atomic E-state index is -6.06. The number of benzene rings is 2. The first-order valence-corrected chi connectivity index (χ1v) is 17.0. The summed E-state index contributed by atoms with van der Waals surface area (Å²) >= 11 is 1.63. The summed E-state index contributed by atoms with van der Waals surface area (Å²) in [7, 11) is 0. The number of carbonyl (C=O) groups is 4. The number of carboxylic acids is 1. The lowest BCUT2D eigenvalue weighted by Gasteiger charge is -2.17. The number of nitrogen functional groups attached to an aromatic ring is 2. The van der Waals surface area contributed by atoms with E-state index in [4.69, 9.17) is 46.6 Å². The number of carboxylic acid groups (broad SMARTS) is 3. The Balaban J connectivity index is 0.00000137. The number of aliphatic carboxylic acids is 1. The van der Waals surface area contributed by atoms with Crippen LogP contribution in [-0.4, -0.2) is 80.1 Å². The number of halogens is 9. The first-order chi connectivity index (χ1) is 27.7. The van der Waals surface area contributed by atoms with Gasteiger partial charge in [0.25, 0.3) is 18.5 Å². The number of nitrogens with one attached hydrogen (secondary N) is 4. The van der Waals surface area contributed by atoms with Crippen molar-refractivity contribution in [3.05, 3.63) is 92.5 Å². The largest absolute Gasteiger partial charge is 0.490 e. The third-order valence-electron chi connectivity index (χ3n) is 6.43. The van der Waals surface area contributed by atoms with Crippen molar-refractivity contribution in [2.75, 3.05) is 16.4 Å². The predicted octanol–water partition coefficient (Wildman–Crippen LogP) is 5.73. The van der Waals surface area contributed by atoms with Gasteiger partial charge in [0.2, 0.25) is 5.91 Å². The molecule has 26 heteroatoms. The lowest BCUT2D eigenvalue weighted by molar-refractivity contribution is -0.339. The predicted molar refractivity (Wildman–Crippen MR) is 201 cm³/mol. The highest BCUT2D eigenvalue weighted by Gasteiger charge is 2.58. The number of hydrogen-bond acceptors (Lipinski definition) is 11. The molecule has 0 saturated heterocycles. The summed E-state index contributed by atoms with van der Waals surface area (Å²) in [5.74, 6) is -2.95. The number of thiophene rings is 1. The molecule has 4 aromatic rings. The number of rotatable bonds is 11. The van der Waals surface area contributed by atoms with E-state index in [0.717, 1.165) is 16.8 Å². The number of hydrogen-bond donors (Lipinski definition) is 9. The standard InChI is InChI=1S/C28H32N8O2S.C2F6.C2HF3O2.2CH2O2/c1-17(2)35-27-28(38)36(15-25(37)33-12-18-3-5-20(6-4-18)26(30)31)24(14-34-27)21-9-22(29)11-23(10-21)32-13-19-7-8-39-16-19;3-1(4,5)2(6,7)8;3-2(4,5)1(6)7;2*2-1-3/h3-11,14,16-17,32H,12-13,15,29H2,1-2H3,(H3,30,31)(H,33,37)(H,34,35);;(H,6,7);2*1H,(H,2,3). The Bertz CT molecular complexity index is 2020. The second kappa shape index (κ2) is 24.8. The Kier molecular flexibility index (Phi) is 22.0. The summed E-state index contributed by atoms with van der Waals surface area (Å²) in [4.78, 5) is 56.4. The van der Waals surface area contributed by atoms with Gasteiger partial charge in [0.1, 0.15) is 12.4 Å². The summed E-state index contributed by atoms with van der Waals surface area (Å²) in [6.07, 6.45) is -15.6. The number of amidine groups is 1. The number of nitrogens with zero attached hydrogens (tertiary/aromatic N) is 2. The van der Waals surface area contributed by atoms with E-state index < -0.39 is 30.1 Å². The molecule has 0 fully saturated rings. The van der Waals surface area contributed by atoms with Crippen molar-refractivity contribution in [1.82, 2.24) is 14.9 Å². The lowest BCUT2D eigenvalue weighted by atomic mass is 10.1. The molecule has 0 radical (unpaired) electrons. The molecule has 2 aromatic carbocycles. The number of alkyl halides is 9. The summed E-state index contributed by atoms with van der Waals surface area (Å²) in [6.45, 7) is 4.00. The summed E-state index contributed by atoms with van der Waals surface area (Å²) in [5.41, 5.74) is 16.4. The molecule has 11 N–H and O–H groups in total. The van der Waals surface area contributed by atoms with Crippen molar-refractivity contribution in [3.63, 3.8) is 0 Å². The molecule has 16 nitrogen and oxygen atoms in total. The van der Waals surface area contributed by atoms with Crippen LogP contribution in [0.1, 0.15) is 30.5 Å². The Labute approximate surface area is 337 Å². The van der Waals surface area contributed by atoms with Crippen molar-refractivity contribution >= 4 is 59.2 Å². The number of aromatic nitrogens is 2. The third kappa shape index (κ3) is 20.0. The van der Waals surface area contributed by atoms with Crippen LogP contribution < -0.4 is 33.0 Å². The van der Waals surface area contributed by atoms with Gasteiger partial charge in [-0.3, -0.25) is 29.2 Å². The molecule has 0 aliphatic rings. The maximum absolute atomic E-state index is 13.4. The maximum atomic E-state index is 13.4. The van der Waals surface area contributed by atoms with Crippen LogP contribution >= 0.6 is 11.3 Å². The van der Waals surface area contributed by atoms with Crippen LogP contribution in [0.4, 0.5) is 56.7 Å². The fourth-order valence-electron chi connectivity index (χ4n) is 3.95. The molecule has 2 aromatic heterocycles. The Hall–Kier alpha value is -6.86. The van der Waals surface area contributed by atoms with Gasteiger partial charge < -0.3 is 42.7 Å². The van der Waals surface area contributed by atoms with E-state index in [1.165, 1.54) is 4.57 Å². The van der Waals surface area contributed by atoms with Crippen molar-refractivity contribution in [3.8, 4) is 11.3 Å². The molecule has 0 bridgehead atoms. The van der Waals surface area contributed by atoms with Crippen LogP contribution in [0.3, 0.4) is 0 Å². The topological polar surface area (TPSA) is 276 Å². The molecule has 0 aliphatic heterocycles. The van der Waals surface area contributed by atoms with Crippen molar-refractivity contribution in [2.24, 2.45) is 5.73 Å². The molecule has 0 saturated carbocycles. The molecule has 0 spiro atoms. The van der Waals surface area contributed by atoms with E-state index in [1.54, 1.807) is 47.9 Å². The highest BCUT2D eigenvalue weighted by atomic mass is 32.1. The molecule has 2 heterocycles. The maximum Gasteiger partial charge on any atom is 0.490 e. The molecule has 0 unspecified atom stereocenters. The van der Waals surface area contributed by atoms with Gasteiger partial charge in [0.05, 0.1) is 11.9 Å². The van der Waals surface area contributed by atoms with Gasteiger partial charge in [-0.25, -0.2) is 9.78 Å². The third-order valence-corrected chi connectivity index (χ3v) is 7.16. The fourth-order valence-corrected chi connectivity index (χ4v) is 4.62. The molecule has 330 valence electrons. The fraction of sp³-hybridized carbons (Fsp3) is 0.265. The van der Waals surface area contributed by atoms with Crippen molar-refractivity contribution in [2.45, 2.75) is 58.1 Å². The minimum absolute atomic E-state index is 0.0171. The van der Waals surface area contributed by atoms with Crippen LogP contribution in [0.25, 0.3) is 11.3 Å². The van der Waals surface area contributed by atoms with Gasteiger partial charge in [0, 0.05) is 41.6 Å². The molecule has 60 heavy (non-hydrogen) atoms. The normalized spacial score (nSPS) is 10.7.